The van der Waals surface area contributed by atoms with Crippen LogP contribution in [0.25, 0.3) is 11.0 Å². The van der Waals surface area contributed by atoms with Crippen molar-refractivity contribution in [1.29, 1.82) is 0 Å². The van der Waals surface area contributed by atoms with E-state index in [9.17, 15) is 4.79 Å². The number of carbonyl (C=O) groups excluding carboxylic acids is 1. The summed E-state index contributed by atoms with van der Waals surface area (Å²) in [7, 11) is 0. The Hall–Kier alpha value is -1.84. The summed E-state index contributed by atoms with van der Waals surface area (Å²) < 4.78 is 2.05. The fourth-order valence-electron chi connectivity index (χ4n) is 3.10. The highest BCUT2D eigenvalue weighted by Crippen LogP contribution is 2.21. The molecule has 0 N–H and O–H groups in total. The Kier molecular flexibility index (Phi) is 5.68. The van der Waals surface area contributed by atoms with Crippen molar-refractivity contribution in [2.24, 2.45) is 11.8 Å². The maximum absolute atomic E-state index is 12.9. The maximum atomic E-state index is 12.9. The highest BCUT2D eigenvalue weighted by Gasteiger charge is 2.19. The lowest BCUT2D eigenvalue weighted by Crippen LogP contribution is -2.39. The van der Waals surface area contributed by atoms with E-state index in [1.54, 1.807) is 0 Å². The van der Waals surface area contributed by atoms with Gasteiger partial charge in [0.25, 0.3) is 0 Å². The maximum Gasteiger partial charge on any atom is 0.242 e. The van der Waals surface area contributed by atoms with Gasteiger partial charge in [0.05, 0.1) is 11.0 Å². The highest BCUT2D eigenvalue weighted by atomic mass is 16.2. The lowest BCUT2D eigenvalue weighted by atomic mass is 10.1. The number of nitrogens with zero attached hydrogens (tertiary/aromatic N) is 3. The monoisotopic (exact) mass is 329 g/mol. The predicted molar refractivity (Wildman–Crippen MR) is 100 cm³/mol. The molecule has 4 heteroatoms. The number of fused-ring (bicyclic) bond motifs is 1. The van der Waals surface area contributed by atoms with Crippen molar-refractivity contribution < 1.29 is 4.79 Å². The van der Waals surface area contributed by atoms with E-state index in [0.717, 1.165) is 29.9 Å². The van der Waals surface area contributed by atoms with Crippen LogP contribution in [0.1, 0.15) is 44.6 Å². The van der Waals surface area contributed by atoms with Gasteiger partial charge in [-0.1, -0.05) is 27.7 Å². The van der Waals surface area contributed by atoms with E-state index in [1.165, 1.54) is 11.1 Å². The highest BCUT2D eigenvalue weighted by molar-refractivity contribution is 5.82. The van der Waals surface area contributed by atoms with E-state index in [2.05, 4.69) is 63.2 Å². The summed E-state index contributed by atoms with van der Waals surface area (Å²) in [5.41, 5.74) is 4.50. The zero-order valence-corrected chi connectivity index (χ0v) is 16.2. The zero-order valence-electron chi connectivity index (χ0n) is 16.2. The van der Waals surface area contributed by atoms with Gasteiger partial charge in [-0.05, 0) is 55.9 Å². The molecule has 0 aliphatic heterocycles. The topological polar surface area (TPSA) is 38.1 Å². The van der Waals surface area contributed by atoms with Gasteiger partial charge < -0.3 is 9.47 Å². The normalized spacial score (nSPS) is 11.7. The van der Waals surface area contributed by atoms with Gasteiger partial charge in [0.2, 0.25) is 5.91 Å². The van der Waals surface area contributed by atoms with Crippen LogP contribution in [0.4, 0.5) is 0 Å². The summed E-state index contributed by atoms with van der Waals surface area (Å²) in [6.07, 6.45) is 0. The number of carbonyl (C=O) groups is 1. The molecule has 0 aliphatic carbocycles. The van der Waals surface area contributed by atoms with Crippen LogP contribution < -0.4 is 0 Å². The van der Waals surface area contributed by atoms with Gasteiger partial charge >= 0.3 is 0 Å². The van der Waals surface area contributed by atoms with Crippen LogP contribution in [-0.2, 0) is 11.3 Å². The van der Waals surface area contributed by atoms with E-state index in [4.69, 9.17) is 0 Å². The van der Waals surface area contributed by atoms with E-state index in [1.807, 2.05) is 11.8 Å². The molecule has 1 aromatic heterocycles. The minimum absolute atomic E-state index is 0.179. The predicted octanol–water partition coefficient (Wildman–Crippen LogP) is 4.10. The smallest absolute Gasteiger partial charge is 0.242 e. The van der Waals surface area contributed by atoms with Crippen molar-refractivity contribution in [1.82, 2.24) is 14.5 Å². The van der Waals surface area contributed by atoms with Crippen molar-refractivity contribution in [3.63, 3.8) is 0 Å². The molecule has 0 spiro atoms. The summed E-state index contributed by atoms with van der Waals surface area (Å²) >= 11 is 0. The summed E-state index contributed by atoms with van der Waals surface area (Å²) in [6, 6.07) is 4.26. The first kappa shape index (κ1) is 18.5. The molecule has 0 radical (unpaired) electrons. The molecule has 24 heavy (non-hydrogen) atoms. The Morgan fingerprint density at radius 3 is 2.12 bits per heavy atom. The number of imidazole rings is 1. The third kappa shape index (κ3) is 4.16. The van der Waals surface area contributed by atoms with Gasteiger partial charge in [0.15, 0.2) is 0 Å². The van der Waals surface area contributed by atoms with Gasteiger partial charge in [-0.3, -0.25) is 4.79 Å². The lowest BCUT2D eigenvalue weighted by Gasteiger charge is -2.27. The average Bonchev–Trinajstić information content (AvgIpc) is 2.73. The minimum atomic E-state index is 0.179. The van der Waals surface area contributed by atoms with Gasteiger partial charge in [0.1, 0.15) is 12.4 Å². The van der Waals surface area contributed by atoms with E-state index >= 15 is 0 Å². The first-order chi connectivity index (χ1) is 11.2. The Balaban J connectivity index is 2.31. The molecule has 1 amide bonds. The number of aryl methyl sites for hydroxylation is 3. The molecular weight excluding hydrogens is 298 g/mol. The summed E-state index contributed by atoms with van der Waals surface area (Å²) in [5, 5.41) is 0. The lowest BCUT2D eigenvalue weighted by molar-refractivity contribution is -0.132. The molecular formula is C20H31N3O. The first-order valence-corrected chi connectivity index (χ1v) is 8.90. The number of hydrogen-bond acceptors (Lipinski definition) is 2. The van der Waals surface area contributed by atoms with Crippen molar-refractivity contribution in [3.05, 3.63) is 29.1 Å². The van der Waals surface area contributed by atoms with Crippen LogP contribution in [-0.4, -0.2) is 33.4 Å². The van der Waals surface area contributed by atoms with Crippen LogP contribution >= 0.6 is 0 Å². The fourth-order valence-corrected chi connectivity index (χ4v) is 3.10. The molecule has 4 nitrogen and oxygen atoms in total. The van der Waals surface area contributed by atoms with Gasteiger partial charge in [0, 0.05) is 13.1 Å². The van der Waals surface area contributed by atoms with Crippen LogP contribution in [0, 0.1) is 32.6 Å². The third-order valence-corrected chi connectivity index (χ3v) is 4.37. The molecule has 1 heterocycles. The quantitative estimate of drug-likeness (QED) is 0.800. The third-order valence-electron chi connectivity index (χ3n) is 4.37. The van der Waals surface area contributed by atoms with Crippen LogP contribution in [0.3, 0.4) is 0 Å². The summed E-state index contributed by atoms with van der Waals surface area (Å²) in [5.74, 6) is 2.02. The Morgan fingerprint density at radius 2 is 1.58 bits per heavy atom. The van der Waals surface area contributed by atoms with E-state index < -0.39 is 0 Å². The van der Waals surface area contributed by atoms with Crippen molar-refractivity contribution in [2.45, 2.75) is 55.0 Å². The largest absolute Gasteiger partial charge is 0.341 e. The molecule has 0 unspecified atom stereocenters. The average molecular weight is 329 g/mol. The number of amides is 1. The second-order valence-corrected chi connectivity index (χ2v) is 7.76. The molecule has 0 aliphatic rings. The molecule has 2 aromatic rings. The van der Waals surface area contributed by atoms with Crippen molar-refractivity contribution in [3.8, 4) is 0 Å². The number of benzene rings is 1. The van der Waals surface area contributed by atoms with Crippen molar-refractivity contribution in [2.75, 3.05) is 13.1 Å². The van der Waals surface area contributed by atoms with Crippen LogP contribution in [0.5, 0.6) is 0 Å². The van der Waals surface area contributed by atoms with Crippen LogP contribution in [0.15, 0.2) is 12.1 Å². The Bertz CT molecular complexity index is 718. The van der Waals surface area contributed by atoms with Crippen molar-refractivity contribution >= 4 is 16.9 Å². The molecule has 0 bridgehead atoms. The molecule has 0 atom stereocenters. The number of rotatable bonds is 6. The second kappa shape index (κ2) is 7.37. The molecule has 1 aromatic carbocycles. The van der Waals surface area contributed by atoms with E-state index in [-0.39, 0.29) is 5.91 Å². The van der Waals surface area contributed by atoms with Gasteiger partial charge in [-0.15, -0.1) is 0 Å². The van der Waals surface area contributed by atoms with Crippen LogP contribution in [0.2, 0.25) is 0 Å². The summed E-state index contributed by atoms with van der Waals surface area (Å²) in [6.45, 7) is 16.8. The Labute approximate surface area is 145 Å². The fraction of sp³-hybridized carbons (Fsp3) is 0.600. The standard InChI is InChI=1S/C20H31N3O/c1-13(2)10-22(11-14(3)4)20(24)12-23-17(7)21-18-8-15(5)16(6)9-19(18)23/h8-9,13-14H,10-12H2,1-7H3. The summed E-state index contributed by atoms with van der Waals surface area (Å²) in [4.78, 5) is 19.5. The minimum Gasteiger partial charge on any atom is -0.341 e. The molecule has 2 rings (SSSR count). The zero-order chi connectivity index (χ0) is 18.0. The number of hydrogen-bond donors (Lipinski definition) is 0. The van der Waals surface area contributed by atoms with Gasteiger partial charge in [-0.2, -0.15) is 0 Å². The SMILES string of the molecule is Cc1cc2nc(C)n(CC(=O)N(CC(C)C)CC(C)C)c2cc1C. The number of aromatic nitrogens is 2. The first-order valence-electron chi connectivity index (χ1n) is 8.90. The molecule has 132 valence electrons. The Morgan fingerprint density at radius 1 is 1.04 bits per heavy atom. The van der Waals surface area contributed by atoms with Gasteiger partial charge in [-0.25, -0.2) is 4.98 Å². The second-order valence-electron chi connectivity index (χ2n) is 7.76. The molecule has 0 saturated carbocycles. The van der Waals surface area contributed by atoms with E-state index in [0.29, 0.717) is 18.4 Å². The molecule has 0 fully saturated rings. The molecule has 0 saturated heterocycles.